The number of rotatable bonds is 6. The number of piperidine rings is 1. The van der Waals surface area contributed by atoms with Crippen molar-refractivity contribution in [1.82, 2.24) is 24.6 Å². The Labute approximate surface area is 150 Å². The van der Waals surface area contributed by atoms with E-state index in [2.05, 4.69) is 40.1 Å². The lowest BCUT2D eigenvalue weighted by molar-refractivity contribution is 0.0730. The molecule has 0 bridgehead atoms. The third-order valence-corrected chi connectivity index (χ3v) is 5.36. The van der Waals surface area contributed by atoms with Gasteiger partial charge in [-0.05, 0) is 52.7 Å². The van der Waals surface area contributed by atoms with E-state index in [0.29, 0.717) is 12.0 Å². The average molecular weight is 345 g/mol. The lowest BCUT2D eigenvalue weighted by Gasteiger charge is -2.41. The fourth-order valence-electron chi connectivity index (χ4n) is 4.08. The Morgan fingerprint density at radius 3 is 2.76 bits per heavy atom. The van der Waals surface area contributed by atoms with Gasteiger partial charge in [-0.25, -0.2) is 4.98 Å². The first-order valence-corrected chi connectivity index (χ1v) is 9.32. The molecule has 25 heavy (non-hydrogen) atoms. The van der Waals surface area contributed by atoms with Crippen LogP contribution in [0.2, 0.25) is 0 Å². The van der Waals surface area contributed by atoms with Gasteiger partial charge in [0.25, 0.3) is 0 Å². The second-order valence-electron chi connectivity index (χ2n) is 7.37. The number of aromatic nitrogens is 3. The summed E-state index contributed by atoms with van der Waals surface area (Å²) in [7, 11) is 4.16. The maximum absolute atomic E-state index is 5.75. The SMILES string of the molecule is CCN1CCC[C@@H](CN(C)Cc2nc(C)c(C)o2)[C@@H]1c1cnn(C)c1. The van der Waals surface area contributed by atoms with Crippen LogP contribution >= 0.6 is 0 Å². The molecular weight excluding hydrogens is 314 g/mol. The van der Waals surface area contributed by atoms with Crippen LogP contribution in [-0.2, 0) is 13.6 Å². The molecule has 0 amide bonds. The smallest absolute Gasteiger partial charge is 0.208 e. The zero-order valence-corrected chi connectivity index (χ0v) is 16.2. The molecule has 1 aliphatic rings. The van der Waals surface area contributed by atoms with Crippen LogP contribution in [-0.4, -0.2) is 51.2 Å². The first-order chi connectivity index (χ1) is 12.0. The standard InChI is InChI=1S/C19H31N5O/c1-6-24-9-7-8-16(19(24)17-10-20-23(5)12-17)11-22(4)13-18-21-14(2)15(3)25-18/h10,12,16,19H,6-9,11,13H2,1-5H3/t16-,19+/m0/s1. The van der Waals surface area contributed by atoms with Crippen LogP contribution in [0.5, 0.6) is 0 Å². The topological polar surface area (TPSA) is 50.3 Å². The number of nitrogens with zero attached hydrogens (tertiary/aromatic N) is 5. The highest BCUT2D eigenvalue weighted by molar-refractivity contribution is 5.13. The molecule has 3 rings (SSSR count). The van der Waals surface area contributed by atoms with Gasteiger partial charge in [0.2, 0.25) is 5.89 Å². The third kappa shape index (κ3) is 4.12. The molecule has 138 valence electrons. The molecule has 2 aromatic heterocycles. The first-order valence-electron chi connectivity index (χ1n) is 9.32. The highest BCUT2D eigenvalue weighted by atomic mass is 16.4. The molecule has 0 aromatic carbocycles. The van der Waals surface area contributed by atoms with Gasteiger partial charge in [0.05, 0.1) is 18.4 Å². The van der Waals surface area contributed by atoms with Crippen molar-refractivity contribution < 1.29 is 4.42 Å². The molecule has 6 heteroatoms. The van der Waals surface area contributed by atoms with E-state index in [1.54, 1.807) is 0 Å². The third-order valence-electron chi connectivity index (χ3n) is 5.36. The van der Waals surface area contributed by atoms with Gasteiger partial charge < -0.3 is 4.42 Å². The average Bonchev–Trinajstić information content (AvgIpc) is 3.12. The van der Waals surface area contributed by atoms with Crippen LogP contribution in [0.1, 0.15) is 48.7 Å². The number of oxazole rings is 1. The molecule has 0 aliphatic carbocycles. The van der Waals surface area contributed by atoms with Crippen LogP contribution in [0, 0.1) is 19.8 Å². The van der Waals surface area contributed by atoms with Crippen molar-refractivity contribution in [1.29, 1.82) is 0 Å². The number of hydrogen-bond donors (Lipinski definition) is 0. The summed E-state index contributed by atoms with van der Waals surface area (Å²) in [6.45, 7) is 10.3. The van der Waals surface area contributed by atoms with E-state index in [0.717, 1.165) is 37.0 Å². The lowest BCUT2D eigenvalue weighted by Crippen LogP contribution is -2.42. The van der Waals surface area contributed by atoms with Crippen molar-refractivity contribution in [2.75, 3.05) is 26.7 Å². The Morgan fingerprint density at radius 2 is 2.16 bits per heavy atom. The molecular formula is C19H31N5O. The Kier molecular flexibility index (Phi) is 5.59. The quantitative estimate of drug-likeness (QED) is 0.806. The van der Waals surface area contributed by atoms with Crippen molar-refractivity contribution in [2.45, 2.75) is 46.2 Å². The van der Waals surface area contributed by atoms with Crippen LogP contribution in [0.4, 0.5) is 0 Å². The minimum absolute atomic E-state index is 0.447. The van der Waals surface area contributed by atoms with Gasteiger partial charge in [0, 0.05) is 31.4 Å². The van der Waals surface area contributed by atoms with Crippen molar-refractivity contribution in [3.63, 3.8) is 0 Å². The lowest BCUT2D eigenvalue weighted by atomic mass is 9.85. The Balaban J connectivity index is 1.71. The summed E-state index contributed by atoms with van der Waals surface area (Å²) in [6, 6.07) is 0.447. The molecule has 6 nitrogen and oxygen atoms in total. The second kappa shape index (κ2) is 7.70. The number of aryl methyl sites for hydroxylation is 3. The molecule has 2 aromatic rings. The van der Waals surface area contributed by atoms with Crippen LogP contribution in [0.3, 0.4) is 0 Å². The molecule has 3 heterocycles. The van der Waals surface area contributed by atoms with E-state index in [1.807, 2.05) is 31.8 Å². The summed E-state index contributed by atoms with van der Waals surface area (Å²) in [5.74, 6) is 2.34. The Morgan fingerprint density at radius 1 is 1.36 bits per heavy atom. The molecule has 0 N–H and O–H groups in total. The van der Waals surface area contributed by atoms with Crippen LogP contribution in [0.25, 0.3) is 0 Å². The summed E-state index contributed by atoms with van der Waals surface area (Å²) >= 11 is 0. The number of hydrogen-bond acceptors (Lipinski definition) is 5. The molecule has 0 spiro atoms. The van der Waals surface area contributed by atoms with Gasteiger partial charge in [-0.1, -0.05) is 6.92 Å². The molecule has 0 radical (unpaired) electrons. The fraction of sp³-hybridized carbons (Fsp3) is 0.684. The highest BCUT2D eigenvalue weighted by Gasteiger charge is 2.33. The molecule has 1 saturated heterocycles. The summed E-state index contributed by atoms with van der Waals surface area (Å²) in [5, 5.41) is 4.41. The summed E-state index contributed by atoms with van der Waals surface area (Å²) in [4.78, 5) is 9.46. The van der Waals surface area contributed by atoms with E-state index >= 15 is 0 Å². The van der Waals surface area contributed by atoms with Crippen LogP contribution in [0.15, 0.2) is 16.8 Å². The zero-order chi connectivity index (χ0) is 18.0. The zero-order valence-electron chi connectivity index (χ0n) is 16.2. The van der Waals surface area contributed by atoms with Gasteiger partial charge in [-0.2, -0.15) is 5.10 Å². The largest absolute Gasteiger partial charge is 0.444 e. The van der Waals surface area contributed by atoms with Gasteiger partial charge in [-0.15, -0.1) is 0 Å². The maximum Gasteiger partial charge on any atom is 0.208 e. The molecule has 2 atom stereocenters. The van der Waals surface area contributed by atoms with E-state index in [4.69, 9.17) is 4.42 Å². The van der Waals surface area contributed by atoms with E-state index < -0.39 is 0 Å². The summed E-state index contributed by atoms with van der Waals surface area (Å²) in [5.41, 5.74) is 2.33. The number of likely N-dealkylation sites (tertiary alicyclic amines) is 1. The van der Waals surface area contributed by atoms with Crippen molar-refractivity contribution in [3.8, 4) is 0 Å². The molecule has 0 saturated carbocycles. The normalized spacial score (nSPS) is 22.0. The predicted octanol–water partition coefficient (Wildman–Crippen LogP) is 2.93. The minimum atomic E-state index is 0.447. The Bertz CT molecular complexity index is 672. The Hall–Kier alpha value is -1.66. The summed E-state index contributed by atoms with van der Waals surface area (Å²) < 4.78 is 7.67. The van der Waals surface area contributed by atoms with Crippen LogP contribution < -0.4 is 0 Å². The predicted molar refractivity (Wildman–Crippen MR) is 98.2 cm³/mol. The second-order valence-corrected chi connectivity index (χ2v) is 7.37. The molecule has 1 aliphatic heterocycles. The maximum atomic E-state index is 5.75. The molecule has 0 unspecified atom stereocenters. The van der Waals surface area contributed by atoms with Crippen molar-refractivity contribution in [3.05, 3.63) is 35.3 Å². The first kappa shape index (κ1) is 18.1. The minimum Gasteiger partial charge on any atom is -0.444 e. The van der Waals surface area contributed by atoms with Gasteiger partial charge in [-0.3, -0.25) is 14.5 Å². The van der Waals surface area contributed by atoms with Gasteiger partial charge in [0.1, 0.15) is 5.76 Å². The van der Waals surface area contributed by atoms with Gasteiger partial charge >= 0.3 is 0 Å². The molecule has 1 fully saturated rings. The van der Waals surface area contributed by atoms with E-state index in [9.17, 15) is 0 Å². The van der Waals surface area contributed by atoms with Crippen molar-refractivity contribution >= 4 is 0 Å². The van der Waals surface area contributed by atoms with Gasteiger partial charge in [0.15, 0.2) is 0 Å². The van der Waals surface area contributed by atoms with E-state index in [-0.39, 0.29) is 0 Å². The fourth-order valence-corrected chi connectivity index (χ4v) is 4.08. The van der Waals surface area contributed by atoms with E-state index in [1.165, 1.54) is 24.9 Å². The monoisotopic (exact) mass is 345 g/mol. The summed E-state index contributed by atoms with van der Waals surface area (Å²) in [6.07, 6.45) is 6.73. The highest BCUT2D eigenvalue weighted by Crippen LogP contribution is 2.36. The van der Waals surface area contributed by atoms with Crippen molar-refractivity contribution in [2.24, 2.45) is 13.0 Å².